The summed E-state index contributed by atoms with van der Waals surface area (Å²) in [6.45, 7) is 2.34. The summed E-state index contributed by atoms with van der Waals surface area (Å²) in [4.78, 5) is 38.3. The van der Waals surface area contributed by atoms with Crippen LogP contribution in [0.15, 0.2) is 48.5 Å². The number of carbonyl (C=O) groups is 3. The topological polar surface area (TPSA) is 99.5 Å². The highest BCUT2D eigenvalue weighted by atomic mass is 35.5. The van der Waals surface area contributed by atoms with Crippen LogP contribution in [0.3, 0.4) is 0 Å². The summed E-state index contributed by atoms with van der Waals surface area (Å²) < 4.78 is 11.3. The van der Waals surface area contributed by atoms with Gasteiger partial charge in [0, 0.05) is 16.1 Å². The number of hydrogen-bond acceptors (Lipinski definition) is 7. The van der Waals surface area contributed by atoms with Crippen molar-refractivity contribution in [2.45, 2.75) is 13.5 Å². The fourth-order valence-corrected chi connectivity index (χ4v) is 4.74. The maximum absolute atomic E-state index is 13.0. The Morgan fingerprint density at radius 1 is 1.03 bits per heavy atom. The molecule has 2 aromatic carbocycles. The molecular formula is C24H20ClN3O5S. The molecule has 0 aliphatic rings. The highest BCUT2D eigenvalue weighted by Gasteiger charge is 2.19. The van der Waals surface area contributed by atoms with E-state index >= 15 is 0 Å². The summed E-state index contributed by atoms with van der Waals surface area (Å²) in [6.07, 6.45) is 0. The van der Waals surface area contributed by atoms with E-state index in [0.717, 1.165) is 21.5 Å². The Labute approximate surface area is 204 Å². The summed E-state index contributed by atoms with van der Waals surface area (Å²) in [5.74, 6) is -1.67. The number of ether oxygens (including phenoxy) is 2. The summed E-state index contributed by atoms with van der Waals surface area (Å²) in [5.41, 5.74) is 2.20. The molecule has 2 aromatic heterocycles. The summed E-state index contributed by atoms with van der Waals surface area (Å²) in [7, 11) is 2.47. The largest absolute Gasteiger partial charge is 0.465 e. The van der Waals surface area contributed by atoms with Crippen molar-refractivity contribution in [1.29, 1.82) is 0 Å². The van der Waals surface area contributed by atoms with Gasteiger partial charge in [0.15, 0.2) is 0 Å². The molecule has 0 radical (unpaired) electrons. The van der Waals surface area contributed by atoms with Crippen molar-refractivity contribution in [1.82, 2.24) is 9.78 Å². The SMILES string of the molecule is COC(=O)c1cc(NC(=O)c2cc3c(C)nn(Cc4ccccc4Cl)c3s2)cc(C(=O)OC)c1. The Bertz CT molecular complexity index is 1390. The van der Waals surface area contributed by atoms with Crippen LogP contribution in [0.2, 0.25) is 5.02 Å². The molecule has 34 heavy (non-hydrogen) atoms. The minimum Gasteiger partial charge on any atom is -0.465 e. The standard InChI is InChI=1S/C24H20ClN3O5S/c1-13-18-11-20(34-22(18)28(27-13)12-14-6-4-5-7-19(14)25)21(29)26-17-9-15(23(30)32-2)8-16(10-17)24(31)33-3/h4-11H,12H2,1-3H3,(H,26,29). The van der Waals surface area contributed by atoms with Crippen molar-refractivity contribution in [2.75, 3.05) is 19.5 Å². The van der Waals surface area contributed by atoms with E-state index in [1.165, 1.54) is 43.8 Å². The lowest BCUT2D eigenvalue weighted by Crippen LogP contribution is -2.13. The number of carbonyl (C=O) groups excluding carboxylic acids is 3. The molecule has 0 aliphatic heterocycles. The zero-order valence-corrected chi connectivity index (χ0v) is 20.1. The summed E-state index contributed by atoms with van der Waals surface area (Å²) in [6, 6.07) is 13.5. The number of aryl methyl sites for hydroxylation is 1. The first-order valence-electron chi connectivity index (χ1n) is 10.1. The summed E-state index contributed by atoms with van der Waals surface area (Å²) in [5, 5.41) is 8.84. The number of rotatable bonds is 6. The Morgan fingerprint density at radius 3 is 2.29 bits per heavy atom. The van der Waals surface area contributed by atoms with E-state index < -0.39 is 11.9 Å². The van der Waals surface area contributed by atoms with Gasteiger partial charge in [0.25, 0.3) is 5.91 Å². The van der Waals surface area contributed by atoms with Crippen LogP contribution < -0.4 is 5.32 Å². The zero-order valence-electron chi connectivity index (χ0n) is 18.5. The fraction of sp³-hybridized carbons (Fsp3) is 0.167. The molecule has 0 unspecified atom stereocenters. The van der Waals surface area contributed by atoms with E-state index in [1.54, 1.807) is 6.07 Å². The predicted octanol–water partition coefficient (Wildman–Crippen LogP) is 4.93. The third kappa shape index (κ3) is 4.66. The molecule has 1 amide bonds. The first-order chi connectivity index (χ1) is 16.3. The third-order valence-electron chi connectivity index (χ3n) is 5.14. The maximum atomic E-state index is 13.0. The van der Waals surface area contributed by atoms with E-state index in [0.29, 0.717) is 16.4 Å². The molecule has 0 saturated carbocycles. The number of anilines is 1. The number of thiophene rings is 1. The molecule has 8 nitrogen and oxygen atoms in total. The molecule has 0 spiro atoms. The normalized spacial score (nSPS) is 10.8. The van der Waals surface area contributed by atoms with Gasteiger partial charge in [-0.15, -0.1) is 11.3 Å². The number of hydrogen-bond donors (Lipinski definition) is 1. The van der Waals surface area contributed by atoms with E-state index in [2.05, 4.69) is 10.4 Å². The first kappa shape index (κ1) is 23.5. The Kier molecular flexibility index (Phi) is 6.67. The van der Waals surface area contributed by atoms with Gasteiger partial charge in [0.2, 0.25) is 0 Å². The number of nitrogens with zero attached hydrogens (tertiary/aromatic N) is 2. The molecule has 174 valence electrons. The Morgan fingerprint density at radius 2 is 1.68 bits per heavy atom. The van der Waals surface area contributed by atoms with Gasteiger partial charge < -0.3 is 14.8 Å². The van der Waals surface area contributed by atoms with Crippen LogP contribution in [-0.4, -0.2) is 41.8 Å². The Balaban J connectivity index is 1.64. The second-order valence-electron chi connectivity index (χ2n) is 7.40. The van der Waals surface area contributed by atoms with Crippen molar-refractivity contribution in [3.63, 3.8) is 0 Å². The number of methoxy groups -OCH3 is 2. The minimum absolute atomic E-state index is 0.114. The quantitative estimate of drug-likeness (QED) is 0.379. The van der Waals surface area contributed by atoms with E-state index in [9.17, 15) is 14.4 Å². The molecule has 1 N–H and O–H groups in total. The van der Waals surface area contributed by atoms with Crippen LogP contribution >= 0.6 is 22.9 Å². The van der Waals surface area contributed by atoms with Crippen LogP contribution in [0, 0.1) is 6.92 Å². The second kappa shape index (κ2) is 9.66. The molecule has 10 heteroatoms. The number of amides is 1. The van der Waals surface area contributed by atoms with E-state index in [4.69, 9.17) is 21.1 Å². The van der Waals surface area contributed by atoms with E-state index in [1.807, 2.05) is 35.9 Å². The van der Waals surface area contributed by atoms with Crippen molar-refractivity contribution < 1.29 is 23.9 Å². The van der Waals surface area contributed by atoms with Gasteiger partial charge in [-0.1, -0.05) is 29.8 Å². The molecular weight excluding hydrogens is 478 g/mol. The van der Waals surface area contributed by atoms with E-state index in [-0.39, 0.29) is 22.7 Å². The maximum Gasteiger partial charge on any atom is 0.337 e. The van der Waals surface area contributed by atoms with Crippen LogP contribution in [0.1, 0.15) is 41.6 Å². The molecule has 4 aromatic rings. The highest BCUT2D eigenvalue weighted by Crippen LogP contribution is 2.30. The van der Waals surface area contributed by atoms with Crippen molar-refractivity contribution in [3.8, 4) is 0 Å². The van der Waals surface area contributed by atoms with Gasteiger partial charge in [-0.05, 0) is 42.8 Å². The fourth-order valence-electron chi connectivity index (χ4n) is 3.48. The number of aromatic nitrogens is 2. The molecule has 4 rings (SSSR count). The van der Waals surface area contributed by atoms with Gasteiger partial charge in [0.1, 0.15) is 4.83 Å². The third-order valence-corrected chi connectivity index (χ3v) is 6.66. The minimum atomic E-state index is -0.640. The van der Waals surface area contributed by atoms with Crippen LogP contribution in [0.5, 0.6) is 0 Å². The average molecular weight is 498 g/mol. The molecule has 0 aliphatic carbocycles. The number of esters is 2. The molecule has 0 bridgehead atoms. The smallest absolute Gasteiger partial charge is 0.337 e. The lowest BCUT2D eigenvalue weighted by atomic mass is 10.1. The molecule has 2 heterocycles. The number of benzene rings is 2. The van der Waals surface area contributed by atoms with Gasteiger partial charge in [0.05, 0.1) is 42.5 Å². The Hall–Kier alpha value is -3.69. The number of halogens is 1. The second-order valence-corrected chi connectivity index (χ2v) is 8.84. The van der Waals surface area contributed by atoms with Gasteiger partial charge in [-0.2, -0.15) is 5.10 Å². The summed E-state index contributed by atoms with van der Waals surface area (Å²) >= 11 is 7.59. The monoisotopic (exact) mass is 497 g/mol. The van der Waals surface area contributed by atoms with Gasteiger partial charge >= 0.3 is 11.9 Å². The lowest BCUT2D eigenvalue weighted by Gasteiger charge is -2.09. The zero-order chi connectivity index (χ0) is 24.4. The van der Waals surface area contributed by atoms with Crippen molar-refractivity contribution >= 4 is 56.7 Å². The van der Waals surface area contributed by atoms with Gasteiger partial charge in [-0.3, -0.25) is 9.48 Å². The molecule has 0 saturated heterocycles. The van der Waals surface area contributed by atoms with Crippen LogP contribution in [-0.2, 0) is 16.0 Å². The van der Waals surface area contributed by atoms with Crippen LogP contribution in [0.25, 0.3) is 10.2 Å². The lowest BCUT2D eigenvalue weighted by molar-refractivity contribution is 0.0599. The van der Waals surface area contributed by atoms with Gasteiger partial charge in [-0.25, -0.2) is 9.59 Å². The molecule has 0 atom stereocenters. The highest BCUT2D eigenvalue weighted by molar-refractivity contribution is 7.20. The predicted molar refractivity (Wildman–Crippen MR) is 130 cm³/mol. The first-order valence-corrected chi connectivity index (χ1v) is 11.3. The van der Waals surface area contributed by atoms with Crippen molar-refractivity contribution in [2.24, 2.45) is 0 Å². The van der Waals surface area contributed by atoms with Crippen LogP contribution in [0.4, 0.5) is 5.69 Å². The number of fused-ring (bicyclic) bond motifs is 1. The molecule has 0 fully saturated rings. The average Bonchev–Trinajstić information content (AvgIpc) is 3.40. The number of nitrogens with one attached hydrogen (secondary N) is 1. The van der Waals surface area contributed by atoms with Crippen molar-refractivity contribution in [3.05, 3.63) is 80.8 Å².